The lowest BCUT2D eigenvalue weighted by molar-refractivity contribution is 1.30. The third-order valence-electron chi connectivity index (χ3n) is 7.65. The van der Waals surface area contributed by atoms with Crippen LogP contribution >= 0.6 is 0 Å². The van der Waals surface area contributed by atoms with Crippen LogP contribution in [-0.4, -0.2) is 14.4 Å². The summed E-state index contributed by atoms with van der Waals surface area (Å²) in [7, 11) is 0. The highest BCUT2D eigenvalue weighted by Gasteiger charge is 2.14. The monoisotopic (exact) mass is 497 g/mol. The van der Waals surface area contributed by atoms with Gasteiger partial charge in [0, 0.05) is 27.9 Å². The molecule has 8 aromatic rings. The number of rotatable bonds is 3. The maximum absolute atomic E-state index is 5.05. The Hall–Kier alpha value is -5.28. The van der Waals surface area contributed by atoms with E-state index >= 15 is 0 Å². The van der Waals surface area contributed by atoms with Crippen molar-refractivity contribution in [1.82, 2.24) is 14.4 Å². The Kier molecular flexibility index (Phi) is 4.82. The average molecular weight is 498 g/mol. The Morgan fingerprint density at radius 3 is 1.72 bits per heavy atom. The summed E-state index contributed by atoms with van der Waals surface area (Å²) in [6, 6.07) is 47.0. The van der Waals surface area contributed by atoms with Crippen LogP contribution in [0.25, 0.3) is 71.9 Å². The fourth-order valence-electron chi connectivity index (χ4n) is 5.68. The van der Waals surface area contributed by atoms with Crippen LogP contribution < -0.4 is 0 Å². The van der Waals surface area contributed by atoms with Gasteiger partial charge in [0.2, 0.25) is 0 Å². The molecule has 0 aliphatic rings. The van der Waals surface area contributed by atoms with E-state index in [0.717, 1.165) is 44.2 Å². The fourth-order valence-corrected chi connectivity index (χ4v) is 5.68. The van der Waals surface area contributed by atoms with Crippen LogP contribution in [0.4, 0.5) is 0 Å². The minimum Gasteiger partial charge on any atom is -0.292 e. The van der Waals surface area contributed by atoms with Crippen molar-refractivity contribution in [3.8, 4) is 33.5 Å². The molecule has 0 saturated carbocycles. The summed E-state index contributed by atoms with van der Waals surface area (Å²) in [6.45, 7) is 0. The zero-order chi connectivity index (χ0) is 25.8. The molecule has 3 nitrogen and oxygen atoms in total. The molecule has 3 aromatic heterocycles. The number of para-hydroxylation sites is 3. The van der Waals surface area contributed by atoms with Gasteiger partial charge in [-0.2, -0.15) is 0 Å². The van der Waals surface area contributed by atoms with Crippen molar-refractivity contribution >= 4 is 38.4 Å². The third-order valence-corrected chi connectivity index (χ3v) is 7.65. The van der Waals surface area contributed by atoms with Gasteiger partial charge < -0.3 is 0 Å². The van der Waals surface area contributed by atoms with Gasteiger partial charge in [-0.25, -0.2) is 4.98 Å². The predicted octanol–water partition coefficient (Wildman–Crippen LogP) is 9.19. The van der Waals surface area contributed by atoms with Crippen LogP contribution in [0.5, 0.6) is 0 Å². The number of hydrogen-bond donors (Lipinski definition) is 0. The summed E-state index contributed by atoms with van der Waals surface area (Å²) >= 11 is 0. The second-order valence-corrected chi connectivity index (χ2v) is 9.91. The first kappa shape index (κ1) is 21.8. The molecule has 8 rings (SSSR count). The zero-order valence-corrected chi connectivity index (χ0v) is 21.1. The largest absolute Gasteiger partial charge is 0.292 e. The Bertz CT molecular complexity index is 2140. The van der Waals surface area contributed by atoms with E-state index in [9.17, 15) is 0 Å². The topological polar surface area (TPSA) is 30.2 Å². The average Bonchev–Trinajstić information content (AvgIpc) is 3.42. The van der Waals surface area contributed by atoms with E-state index in [1.165, 1.54) is 27.6 Å². The molecule has 3 heteroatoms. The van der Waals surface area contributed by atoms with Crippen LogP contribution in [0.15, 0.2) is 140 Å². The molecular weight excluding hydrogens is 474 g/mol. The first-order valence-corrected chi connectivity index (χ1v) is 13.2. The molecule has 5 aromatic carbocycles. The van der Waals surface area contributed by atoms with Crippen molar-refractivity contribution in [3.05, 3.63) is 140 Å². The lowest BCUT2D eigenvalue weighted by Gasteiger charge is -2.10. The Morgan fingerprint density at radius 1 is 0.436 bits per heavy atom. The van der Waals surface area contributed by atoms with E-state index in [-0.39, 0.29) is 0 Å². The number of pyridine rings is 2. The number of benzene rings is 5. The summed E-state index contributed by atoms with van der Waals surface area (Å²) < 4.78 is 2.28. The molecule has 0 amide bonds. The summed E-state index contributed by atoms with van der Waals surface area (Å²) in [4.78, 5) is 9.94. The van der Waals surface area contributed by atoms with Crippen molar-refractivity contribution in [2.24, 2.45) is 0 Å². The smallest absolute Gasteiger partial charge is 0.146 e. The predicted molar refractivity (Wildman–Crippen MR) is 162 cm³/mol. The fraction of sp³-hybridized carbons (Fsp3) is 0. The molecule has 39 heavy (non-hydrogen) atoms. The molecule has 3 heterocycles. The summed E-state index contributed by atoms with van der Waals surface area (Å²) in [6.07, 6.45) is 2.00. The number of nitrogens with zero attached hydrogens (tertiary/aromatic N) is 3. The van der Waals surface area contributed by atoms with Crippen molar-refractivity contribution in [2.45, 2.75) is 0 Å². The number of fused-ring (bicyclic) bond motifs is 8. The molecule has 0 radical (unpaired) electrons. The van der Waals surface area contributed by atoms with Gasteiger partial charge in [-0.15, -0.1) is 0 Å². The van der Waals surface area contributed by atoms with E-state index < -0.39 is 0 Å². The quantitative estimate of drug-likeness (QED) is 0.228. The number of imidazole rings is 1. The second kappa shape index (κ2) is 8.64. The van der Waals surface area contributed by atoms with E-state index in [1.807, 2.05) is 18.3 Å². The van der Waals surface area contributed by atoms with Crippen LogP contribution in [0.1, 0.15) is 0 Å². The van der Waals surface area contributed by atoms with Crippen LogP contribution in [0, 0.1) is 0 Å². The van der Waals surface area contributed by atoms with Gasteiger partial charge in [-0.1, -0.05) is 109 Å². The van der Waals surface area contributed by atoms with E-state index in [1.54, 1.807) is 0 Å². The van der Waals surface area contributed by atoms with Gasteiger partial charge in [0.1, 0.15) is 5.65 Å². The van der Waals surface area contributed by atoms with Gasteiger partial charge in [0.25, 0.3) is 0 Å². The highest BCUT2D eigenvalue weighted by atomic mass is 15.0. The molecule has 0 fully saturated rings. The van der Waals surface area contributed by atoms with Gasteiger partial charge in [0.15, 0.2) is 0 Å². The Labute approximate surface area is 225 Å². The van der Waals surface area contributed by atoms with Crippen LogP contribution in [-0.2, 0) is 0 Å². The zero-order valence-electron chi connectivity index (χ0n) is 21.1. The molecule has 0 atom stereocenters. The van der Waals surface area contributed by atoms with Crippen molar-refractivity contribution in [1.29, 1.82) is 0 Å². The molecule has 0 aliphatic heterocycles. The van der Waals surface area contributed by atoms with Crippen molar-refractivity contribution in [3.63, 3.8) is 0 Å². The SMILES string of the molecule is c1ccc(-c2ccc(-c3ccc(-c4cc5c(cn4)c4ccccc4n4c6ccccc6nc54)cc3)cc2)cc1. The highest BCUT2D eigenvalue weighted by molar-refractivity contribution is 6.14. The second-order valence-electron chi connectivity index (χ2n) is 9.91. The number of aromatic nitrogens is 3. The summed E-state index contributed by atoms with van der Waals surface area (Å²) in [5.74, 6) is 0. The van der Waals surface area contributed by atoms with Gasteiger partial charge >= 0.3 is 0 Å². The van der Waals surface area contributed by atoms with Crippen LogP contribution in [0.3, 0.4) is 0 Å². The first-order valence-electron chi connectivity index (χ1n) is 13.2. The van der Waals surface area contributed by atoms with E-state index in [2.05, 4.69) is 126 Å². The maximum Gasteiger partial charge on any atom is 0.146 e. The maximum atomic E-state index is 5.05. The molecule has 0 spiro atoms. The van der Waals surface area contributed by atoms with Crippen LogP contribution in [0.2, 0.25) is 0 Å². The normalized spacial score (nSPS) is 11.6. The lowest BCUT2D eigenvalue weighted by Crippen LogP contribution is -1.93. The highest BCUT2D eigenvalue weighted by Crippen LogP contribution is 2.34. The number of hydrogen-bond acceptors (Lipinski definition) is 2. The molecular formula is C36H23N3. The lowest BCUT2D eigenvalue weighted by atomic mass is 9.99. The molecule has 182 valence electrons. The van der Waals surface area contributed by atoms with Gasteiger partial charge in [-0.05, 0) is 46.5 Å². The standard InChI is InChI=1S/C36H23N3/c1-2-8-24(9-3-1)25-14-16-26(17-15-25)27-18-20-28(21-19-27)33-22-30-31(23-37-33)29-10-4-6-12-34(29)39-35-13-7-5-11-32(35)38-36(30)39/h1-23H. The molecule has 0 aliphatic carbocycles. The first-order chi connectivity index (χ1) is 19.3. The van der Waals surface area contributed by atoms with E-state index in [4.69, 9.17) is 9.97 Å². The molecule has 0 bridgehead atoms. The Morgan fingerprint density at radius 2 is 1.00 bits per heavy atom. The minimum atomic E-state index is 0.942. The van der Waals surface area contributed by atoms with Crippen molar-refractivity contribution < 1.29 is 0 Å². The summed E-state index contributed by atoms with van der Waals surface area (Å²) in [5, 5.41) is 3.40. The van der Waals surface area contributed by atoms with E-state index in [0.29, 0.717) is 0 Å². The third kappa shape index (κ3) is 3.52. The molecule has 0 unspecified atom stereocenters. The summed E-state index contributed by atoms with van der Waals surface area (Å²) in [5.41, 5.74) is 11.1. The van der Waals surface area contributed by atoms with Gasteiger partial charge in [-0.3, -0.25) is 9.38 Å². The molecule has 0 N–H and O–H groups in total. The van der Waals surface area contributed by atoms with Gasteiger partial charge in [0.05, 0.1) is 22.2 Å². The minimum absolute atomic E-state index is 0.942. The molecule has 0 saturated heterocycles. The Balaban J connectivity index is 1.22. The van der Waals surface area contributed by atoms with Crippen molar-refractivity contribution in [2.75, 3.05) is 0 Å².